The maximum Gasteiger partial charge on any atom is 0.135 e. The van der Waals surface area contributed by atoms with E-state index in [1.165, 1.54) is 11.3 Å². The lowest BCUT2D eigenvalue weighted by Gasteiger charge is -2.18. The quantitative estimate of drug-likeness (QED) is 0.905. The number of aliphatic hydroxyl groups is 1. The van der Waals surface area contributed by atoms with Gasteiger partial charge in [-0.3, -0.25) is 4.98 Å². The van der Waals surface area contributed by atoms with Gasteiger partial charge in [-0.1, -0.05) is 13.0 Å². The highest BCUT2D eigenvalue weighted by Crippen LogP contribution is 2.38. The summed E-state index contributed by atoms with van der Waals surface area (Å²) in [4.78, 5) is 5.12. The number of hydrogen-bond acceptors (Lipinski definition) is 4. The Bertz CT molecular complexity index is 469. The standard InChI is InChI=1S/C13H15NO2S/c1-9(10-5-3-4-7-14-10)12(15)13-11(16-2)6-8-17-13/h3-9,12,15H,1-2H3. The summed E-state index contributed by atoms with van der Waals surface area (Å²) in [5.74, 6) is 0.689. The lowest BCUT2D eigenvalue weighted by atomic mass is 9.99. The molecule has 90 valence electrons. The molecule has 0 spiro atoms. The second kappa shape index (κ2) is 5.29. The third-order valence-electron chi connectivity index (χ3n) is 2.77. The zero-order chi connectivity index (χ0) is 12.3. The van der Waals surface area contributed by atoms with Crippen LogP contribution in [-0.2, 0) is 0 Å². The van der Waals surface area contributed by atoms with Gasteiger partial charge in [0.15, 0.2) is 0 Å². The molecule has 2 unspecified atom stereocenters. The first kappa shape index (κ1) is 12.1. The van der Waals surface area contributed by atoms with Gasteiger partial charge in [-0.05, 0) is 23.6 Å². The first-order valence-electron chi connectivity index (χ1n) is 5.44. The third-order valence-corrected chi connectivity index (χ3v) is 3.74. The molecule has 0 aliphatic carbocycles. The molecule has 3 nitrogen and oxygen atoms in total. The molecule has 0 bridgehead atoms. The van der Waals surface area contributed by atoms with Crippen molar-refractivity contribution >= 4 is 11.3 Å². The van der Waals surface area contributed by atoms with Gasteiger partial charge in [-0.15, -0.1) is 11.3 Å². The first-order valence-corrected chi connectivity index (χ1v) is 6.32. The second-order valence-corrected chi connectivity index (χ2v) is 4.79. The molecule has 0 fully saturated rings. The molecular weight excluding hydrogens is 234 g/mol. The highest BCUT2D eigenvalue weighted by atomic mass is 32.1. The van der Waals surface area contributed by atoms with E-state index < -0.39 is 6.10 Å². The van der Waals surface area contributed by atoms with Gasteiger partial charge in [-0.2, -0.15) is 0 Å². The lowest BCUT2D eigenvalue weighted by molar-refractivity contribution is 0.150. The molecule has 1 N–H and O–H groups in total. The molecule has 0 saturated carbocycles. The number of aromatic nitrogens is 1. The molecule has 0 radical (unpaired) electrons. The molecule has 0 aliphatic rings. The average Bonchev–Trinajstić information content (AvgIpc) is 2.86. The Hall–Kier alpha value is -1.39. The summed E-state index contributed by atoms with van der Waals surface area (Å²) in [6, 6.07) is 7.59. The monoisotopic (exact) mass is 249 g/mol. The van der Waals surface area contributed by atoms with Crippen LogP contribution in [0.25, 0.3) is 0 Å². The van der Waals surface area contributed by atoms with Crippen LogP contribution in [0.5, 0.6) is 5.75 Å². The van der Waals surface area contributed by atoms with Crippen molar-refractivity contribution in [1.82, 2.24) is 4.98 Å². The maximum absolute atomic E-state index is 10.3. The van der Waals surface area contributed by atoms with E-state index in [1.807, 2.05) is 36.6 Å². The van der Waals surface area contributed by atoms with Crippen LogP contribution < -0.4 is 4.74 Å². The topological polar surface area (TPSA) is 42.4 Å². The molecule has 0 amide bonds. The number of nitrogens with zero attached hydrogens (tertiary/aromatic N) is 1. The second-order valence-electron chi connectivity index (χ2n) is 3.84. The van der Waals surface area contributed by atoms with Gasteiger partial charge >= 0.3 is 0 Å². The van der Waals surface area contributed by atoms with Crippen LogP contribution in [0, 0.1) is 0 Å². The molecule has 2 heterocycles. The summed E-state index contributed by atoms with van der Waals surface area (Å²) < 4.78 is 5.22. The van der Waals surface area contributed by atoms with Gasteiger partial charge in [0.1, 0.15) is 5.75 Å². The summed E-state index contributed by atoms with van der Waals surface area (Å²) in [6.45, 7) is 1.96. The number of hydrogen-bond donors (Lipinski definition) is 1. The molecule has 0 saturated heterocycles. The fourth-order valence-corrected chi connectivity index (χ4v) is 2.68. The Morgan fingerprint density at radius 1 is 1.35 bits per heavy atom. The summed E-state index contributed by atoms with van der Waals surface area (Å²) in [7, 11) is 1.61. The van der Waals surface area contributed by atoms with E-state index in [0.29, 0.717) is 0 Å². The predicted molar refractivity (Wildman–Crippen MR) is 68.5 cm³/mol. The number of thiophene rings is 1. The highest BCUT2D eigenvalue weighted by Gasteiger charge is 2.23. The SMILES string of the molecule is COc1ccsc1C(O)C(C)c1ccccn1. The molecule has 0 aliphatic heterocycles. The van der Waals surface area contributed by atoms with E-state index in [1.54, 1.807) is 13.3 Å². The smallest absolute Gasteiger partial charge is 0.135 e. The normalized spacial score (nSPS) is 14.3. The third kappa shape index (κ3) is 2.48. The summed E-state index contributed by atoms with van der Waals surface area (Å²) in [6.07, 6.45) is 1.16. The fraction of sp³-hybridized carbons (Fsp3) is 0.308. The van der Waals surface area contributed by atoms with Gasteiger partial charge in [0.2, 0.25) is 0 Å². The molecule has 2 rings (SSSR count). The largest absolute Gasteiger partial charge is 0.495 e. The molecule has 2 atom stereocenters. The van der Waals surface area contributed by atoms with Crippen molar-refractivity contribution in [3.05, 3.63) is 46.4 Å². The van der Waals surface area contributed by atoms with Crippen molar-refractivity contribution in [2.45, 2.75) is 18.9 Å². The zero-order valence-electron chi connectivity index (χ0n) is 9.83. The van der Waals surface area contributed by atoms with Crippen LogP contribution in [0.15, 0.2) is 35.8 Å². The summed E-state index contributed by atoms with van der Waals surface area (Å²) >= 11 is 1.50. The van der Waals surface area contributed by atoms with Crippen LogP contribution in [0.1, 0.15) is 29.5 Å². The van der Waals surface area contributed by atoms with Gasteiger partial charge in [0.05, 0.1) is 18.1 Å². The molecule has 2 aromatic rings. The molecule has 4 heteroatoms. The first-order chi connectivity index (χ1) is 8.24. The Morgan fingerprint density at radius 2 is 2.18 bits per heavy atom. The Kier molecular flexibility index (Phi) is 3.76. The zero-order valence-corrected chi connectivity index (χ0v) is 10.6. The highest BCUT2D eigenvalue weighted by molar-refractivity contribution is 7.10. The van der Waals surface area contributed by atoms with E-state index in [-0.39, 0.29) is 5.92 Å². The summed E-state index contributed by atoms with van der Waals surface area (Å²) in [5.41, 5.74) is 0.885. The van der Waals surface area contributed by atoms with E-state index in [2.05, 4.69) is 4.98 Å². The predicted octanol–water partition coefficient (Wildman–Crippen LogP) is 2.99. The van der Waals surface area contributed by atoms with Gasteiger partial charge in [-0.25, -0.2) is 0 Å². The number of aliphatic hydroxyl groups excluding tert-OH is 1. The lowest BCUT2D eigenvalue weighted by Crippen LogP contribution is -2.08. The van der Waals surface area contributed by atoms with Crippen LogP contribution in [0.2, 0.25) is 0 Å². The van der Waals surface area contributed by atoms with Crippen molar-refractivity contribution in [2.24, 2.45) is 0 Å². The van der Waals surface area contributed by atoms with Crippen LogP contribution in [0.3, 0.4) is 0 Å². The van der Waals surface area contributed by atoms with E-state index >= 15 is 0 Å². The molecular formula is C13H15NO2S. The Morgan fingerprint density at radius 3 is 2.82 bits per heavy atom. The van der Waals surface area contributed by atoms with Crippen molar-refractivity contribution in [1.29, 1.82) is 0 Å². The molecule has 17 heavy (non-hydrogen) atoms. The molecule has 2 aromatic heterocycles. The van der Waals surface area contributed by atoms with Gasteiger partial charge in [0.25, 0.3) is 0 Å². The summed E-state index contributed by atoms with van der Waals surface area (Å²) in [5, 5.41) is 12.3. The van der Waals surface area contributed by atoms with Gasteiger partial charge in [0, 0.05) is 17.8 Å². The average molecular weight is 249 g/mol. The Labute approximate surface area is 105 Å². The fourth-order valence-electron chi connectivity index (χ4n) is 1.73. The minimum atomic E-state index is -0.583. The van der Waals surface area contributed by atoms with E-state index in [0.717, 1.165) is 16.3 Å². The van der Waals surface area contributed by atoms with Crippen LogP contribution >= 0.6 is 11.3 Å². The van der Waals surface area contributed by atoms with Crippen molar-refractivity contribution in [3.8, 4) is 5.75 Å². The van der Waals surface area contributed by atoms with Crippen molar-refractivity contribution < 1.29 is 9.84 Å². The molecule has 0 aromatic carbocycles. The maximum atomic E-state index is 10.3. The van der Waals surface area contributed by atoms with Crippen molar-refractivity contribution in [2.75, 3.05) is 7.11 Å². The van der Waals surface area contributed by atoms with Crippen molar-refractivity contribution in [3.63, 3.8) is 0 Å². The number of methoxy groups -OCH3 is 1. The van der Waals surface area contributed by atoms with Crippen LogP contribution in [-0.4, -0.2) is 17.2 Å². The van der Waals surface area contributed by atoms with Gasteiger partial charge < -0.3 is 9.84 Å². The minimum Gasteiger partial charge on any atom is -0.495 e. The number of pyridine rings is 1. The minimum absolute atomic E-state index is 0.0521. The van der Waals surface area contributed by atoms with Crippen LogP contribution in [0.4, 0.5) is 0 Å². The number of rotatable bonds is 4. The van der Waals surface area contributed by atoms with E-state index in [9.17, 15) is 5.11 Å². The van der Waals surface area contributed by atoms with E-state index in [4.69, 9.17) is 4.74 Å². The Balaban J connectivity index is 2.23. The number of ether oxygens (including phenoxy) is 1.